The fourth-order valence-corrected chi connectivity index (χ4v) is 3.23. The van der Waals surface area contributed by atoms with E-state index < -0.39 is 0 Å². The van der Waals surface area contributed by atoms with Crippen molar-refractivity contribution in [2.45, 2.75) is 0 Å². The molecule has 0 saturated carbocycles. The first kappa shape index (κ1) is 12.9. The van der Waals surface area contributed by atoms with Gasteiger partial charge in [-0.1, -0.05) is 46.4 Å². The number of halogens is 5. The van der Waals surface area contributed by atoms with Gasteiger partial charge < -0.3 is 4.42 Å². The van der Waals surface area contributed by atoms with Crippen LogP contribution in [0.2, 0.25) is 20.1 Å². The van der Waals surface area contributed by atoms with Gasteiger partial charge in [0.05, 0.1) is 20.1 Å². The highest BCUT2D eigenvalue weighted by Gasteiger charge is 2.16. The Morgan fingerprint density at radius 1 is 0.833 bits per heavy atom. The van der Waals surface area contributed by atoms with E-state index in [0.717, 1.165) is 10.8 Å². The summed E-state index contributed by atoms with van der Waals surface area (Å²) in [4.78, 5) is 0. The quantitative estimate of drug-likeness (QED) is 0.382. The zero-order valence-electron chi connectivity index (χ0n) is 8.53. The van der Waals surface area contributed by atoms with Crippen LogP contribution in [0.15, 0.2) is 27.1 Å². The largest absolute Gasteiger partial charge is 0.456 e. The molecule has 1 heterocycles. The third kappa shape index (κ3) is 1.83. The SMILES string of the molecule is Clc1cc2oc3cc(Cl)c(Cl)c(Br)c3c2cc1Cl. The molecule has 0 aliphatic carbocycles. The molecule has 0 aliphatic rings. The van der Waals surface area contributed by atoms with E-state index in [4.69, 9.17) is 50.8 Å². The lowest BCUT2D eigenvalue weighted by molar-refractivity contribution is 0.669. The summed E-state index contributed by atoms with van der Waals surface area (Å²) in [7, 11) is 0. The Morgan fingerprint density at radius 3 is 2.17 bits per heavy atom. The molecule has 0 saturated heterocycles. The van der Waals surface area contributed by atoms with Gasteiger partial charge in [0.1, 0.15) is 11.2 Å². The zero-order valence-corrected chi connectivity index (χ0v) is 13.1. The number of fused-ring (bicyclic) bond motifs is 3. The van der Waals surface area contributed by atoms with Gasteiger partial charge >= 0.3 is 0 Å². The summed E-state index contributed by atoms with van der Waals surface area (Å²) in [6, 6.07) is 5.10. The first-order chi connectivity index (χ1) is 8.49. The lowest BCUT2D eigenvalue weighted by Crippen LogP contribution is -1.75. The van der Waals surface area contributed by atoms with Crippen LogP contribution >= 0.6 is 62.3 Å². The molecule has 0 bridgehead atoms. The molecule has 1 aromatic heterocycles. The Labute approximate surface area is 131 Å². The van der Waals surface area contributed by atoms with Crippen LogP contribution in [0.1, 0.15) is 0 Å². The molecule has 18 heavy (non-hydrogen) atoms. The van der Waals surface area contributed by atoms with Crippen LogP contribution in [0.4, 0.5) is 0 Å². The summed E-state index contributed by atoms with van der Waals surface area (Å²) in [6.45, 7) is 0. The molecular weight excluding hydrogens is 382 g/mol. The molecule has 92 valence electrons. The first-order valence-corrected chi connectivity index (χ1v) is 7.14. The van der Waals surface area contributed by atoms with Gasteiger partial charge in [-0.25, -0.2) is 0 Å². The fraction of sp³-hybridized carbons (Fsp3) is 0. The summed E-state index contributed by atoms with van der Waals surface area (Å²) in [6.07, 6.45) is 0. The van der Waals surface area contributed by atoms with Gasteiger partial charge in [0.15, 0.2) is 0 Å². The van der Waals surface area contributed by atoms with Crippen LogP contribution in [0.25, 0.3) is 21.9 Å². The Bertz CT molecular complexity index is 794. The van der Waals surface area contributed by atoms with Crippen molar-refractivity contribution in [1.82, 2.24) is 0 Å². The zero-order chi connectivity index (χ0) is 13.0. The first-order valence-electron chi connectivity index (χ1n) is 4.84. The van der Waals surface area contributed by atoms with Crippen molar-refractivity contribution >= 4 is 84.3 Å². The molecule has 0 N–H and O–H groups in total. The molecule has 0 fully saturated rings. The van der Waals surface area contributed by atoms with E-state index in [0.29, 0.717) is 35.7 Å². The van der Waals surface area contributed by atoms with Gasteiger partial charge in [-0.3, -0.25) is 0 Å². The number of furan rings is 1. The molecule has 3 rings (SSSR count). The maximum absolute atomic E-state index is 6.11. The molecule has 2 aromatic carbocycles. The molecular formula is C12H3BrCl4O. The van der Waals surface area contributed by atoms with Gasteiger partial charge in [-0.2, -0.15) is 0 Å². The van der Waals surface area contributed by atoms with Crippen LogP contribution < -0.4 is 0 Å². The normalized spacial score (nSPS) is 11.6. The van der Waals surface area contributed by atoms with Crippen molar-refractivity contribution < 1.29 is 4.42 Å². The van der Waals surface area contributed by atoms with Crippen LogP contribution in [0.5, 0.6) is 0 Å². The van der Waals surface area contributed by atoms with Crippen LogP contribution in [0, 0.1) is 0 Å². The Kier molecular flexibility index (Phi) is 3.20. The van der Waals surface area contributed by atoms with E-state index in [2.05, 4.69) is 15.9 Å². The number of rotatable bonds is 0. The van der Waals surface area contributed by atoms with Crippen molar-refractivity contribution in [2.75, 3.05) is 0 Å². The van der Waals surface area contributed by atoms with Gasteiger partial charge in [-0.05, 0) is 22.0 Å². The Morgan fingerprint density at radius 2 is 1.44 bits per heavy atom. The van der Waals surface area contributed by atoms with Crippen molar-refractivity contribution in [2.24, 2.45) is 0 Å². The average molecular weight is 385 g/mol. The van der Waals surface area contributed by atoms with E-state index in [9.17, 15) is 0 Å². The van der Waals surface area contributed by atoms with Crippen molar-refractivity contribution in [1.29, 1.82) is 0 Å². The van der Waals surface area contributed by atoms with E-state index >= 15 is 0 Å². The lowest BCUT2D eigenvalue weighted by Gasteiger charge is -2.00. The summed E-state index contributed by atoms with van der Waals surface area (Å²) in [5.41, 5.74) is 1.27. The molecule has 6 heteroatoms. The smallest absolute Gasteiger partial charge is 0.138 e. The highest BCUT2D eigenvalue weighted by molar-refractivity contribution is 9.10. The molecule has 0 aliphatic heterocycles. The van der Waals surface area contributed by atoms with Crippen molar-refractivity contribution in [3.63, 3.8) is 0 Å². The average Bonchev–Trinajstić information content (AvgIpc) is 2.64. The summed E-state index contributed by atoms with van der Waals surface area (Å²) >= 11 is 27.5. The molecule has 0 unspecified atom stereocenters. The number of hydrogen-bond acceptors (Lipinski definition) is 1. The second-order valence-electron chi connectivity index (χ2n) is 3.72. The van der Waals surface area contributed by atoms with Crippen molar-refractivity contribution in [3.05, 3.63) is 42.8 Å². The second kappa shape index (κ2) is 4.46. The lowest BCUT2D eigenvalue weighted by atomic mass is 10.1. The number of hydrogen-bond donors (Lipinski definition) is 0. The van der Waals surface area contributed by atoms with Gasteiger partial charge in [-0.15, -0.1) is 0 Å². The predicted molar refractivity (Wildman–Crippen MR) is 81.5 cm³/mol. The van der Waals surface area contributed by atoms with Gasteiger partial charge in [0.25, 0.3) is 0 Å². The minimum atomic E-state index is 0.423. The van der Waals surface area contributed by atoms with E-state index in [1.165, 1.54) is 0 Å². The molecule has 0 atom stereocenters. The molecule has 0 amide bonds. The molecule has 0 spiro atoms. The molecule has 0 radical (unpaired) electrons. The summed E-state index contributed by atoms with van der Waals surface area (Å²) in [5.74, 6) is 0. The Balaban J connectivity index is 2.57. The highest BCUT2D eigenvalue weighted by atomic mass is 79.9. The maximum Gasteiger partial charge on any atom is 0.138 e. The number of benzene rings is 2. The predicted octanol–water partition coefficient (Wildman–Crippen LogP) is 6.96. The van der Waals surface area contributed by atoms with Crippen LogP contribution in [-0.4, -0.2) is 0 Å². The van der Waals surface area contributed by atoms with E-state index in [1.807, 2.05) is 0 Å². The minimum Gasteiger partial charge on any atom is -0.456 e. The van der Waals surface area contributed by atoms with Gasteiger partial charge in [0, 0.05) is 27.4 Å². The third-order valence-corrected chi connectivity index (χ3v) is 5.17. The second-order valence-corrected chi connectivity index (χ2v) is 6.12. The molecule has 1 nitrogen and oxygen atoms in total. The van der Waals surface area contributed by atoms with Crippen LogP contribution in [-0.2, 0) is 0 Å². The van der Waals surface area contributed by atoms with Gasteiger partial charge in [0.2, 0.25) is 0 Å². The standard InChI is InChI=1S/C12H3BrCl4O/c13-11-10-4-1-5(14)6(15)2-8(4)18-9(10)3-7(16)12(11)17/h1-3H. The van der Waals surface area contributed by atoms with Crippen LogP contribution in [0.3, 0.4) is 0 Å². The summed E-state index contributed by atoms with van der Waals surface area (Å²) < 4.78 is 6.37. The monoisotopic (exact) mass is 382 g/mol. The fourth-order valence-electron chi connectivity index (χ4n) is 1.83. The topological polar surface area (TPSA) is 13.1 Å². The maximum atomic E-state index is 6.11. The van der Waals surface area contributed by atoms with E-state index in [-0.39, 0.29) is 0 Å². The highest BCUT2D eigenvalue weighted by Crippen LogP contribution is 2.43. The summed E-state index contributed by atoms with van der Waals surface area (Å²) in [5, 5.41) is 3.44. The van der Waals surface area contributed by atoms with Crippen molar-refractivity contribution in [3.8, 4) is 0 Å². The Hall–Kier alpha value is -0.120. The third-order valence-electron chi connectivity index (χ3n) is 2.64. The van der Waals surface area contributed by atoms with E-state index in [1.54, 1.807) is 18.2 Å². The molecule has 3 aromatic rings. The minimum absolute atomic E-state index is 0.423.